The number of hydrogen-bond acceptors (Lipinski definition) is 3. The molecule has 0 aromatic heterocycles. The molecule has 1 aromatic rings. The Labute approximate surface area is 128 Å². The van der Waals surface area contributed by atoms with Gasteiger partial charge in [0.05, 0.1) is 6.61 Å². The molecule has 3 nitrogen and oxygen atoms in total. The number of hydrogen-bond donors (Lipinski definition) is 2. The van der Waals surface area contributed by atoms with Gasteiger partial charge in [-0.3, -0.25) is 0 Å². The Hall–Kier alpha value is -1.06. The minimum Gasteiger partial charge on any atom is -0.493 e. The first kappa shape index (κ1) is 14.9. The summed E-state index contributed by atoms with van der Waals surface area (Å²) in [6.45, 7) is 11.0. The summed E-state index contributed by atoms with van der Waals surface area (Å²) < 4.78 is 5.57. The van der Waals surface area contributed by atoms with Crippen LogP contribution in [0.3, 0.4) is 0 Å². The minimum absolute atomic E-state index is 0.200. The van der Waals surface area contributed by atoms with E-state index < -0.39 is 0 Å². The molecular weight excluding hydrogens is 260 g/mol. The van der Waals surface area contributed by atoms with Crippen LogP contribution in [0, 0.1) is 0 Å². The van der Waals surface area contributed by atoms with Gasteiger partial charge in [0.2, 0.25) is 0 Å². The number of benzene rings is 1. The lowest BCUT2D eigenvalue weighted by Crippen LogP contribution is -2.61. The molecule has 2 aliphatic rings. The summed E-state index contributed by atoms with van der Waals surface area (Å²) in [6, 6.07) is 7.18. The molecule has 0 radical (unpaired) electrons. The lowest BCUT2D eigenvalue weighted by Gasteiger charge is -2.46. The number of rotatable bonds is 3. The van der Waals surface area contributed by atoms with Gasteiger partial charge in [-0.2, -0.15) is 0 Å². The highest BCUT2D eigenvalue weighted by Crippen LogP contribution is 2.29. The lowest BCUT2D eigenvalue weighted by molar-refractivity contribution is 0.145. The van der Waals surface area contributed by atoms with E-state index in [-0.39, 0.29) is 11.1 Å². The van der Waals surface area contributed by atoms with Crippen molar-refractivity contribution in [2.45, 2.75) is 70.6 Å². The maximum atomic E-state index is 5.57. The van der Waals surface area contributed by atoms with Gasteiger partial charge in [0.25, 0.3) is 0 Å². The molecule has 3 heteroatoms. The van der Waals surface area contributed by atoms with Crippen molar-refractivity contribution in [2.75, 3.05) is 6.61 Å². The van der Waals surface area contributed by atoms with Crippen molar-refractivity contribution in [3.8, 4) is 5.75 Å². The predicted octanol–water partition coefficient (Wildman–Crippen LogP) is 3.02. The molecule has 2 heterocycles. The summed E-state index contributed by atoms with van der Waals surface area (Å²) >= 11 is 0. The second-order valence-corrected chi connectivity index (χ2v) is 7.92. The first-order chi connectivity index (χ1) is 9.83. The van der Waals surface area contributed by atoms with Crippen LogP contribution in [0.2, 0.25) is 0 Å². The fourth-order valence-electron chi connectivity index (χ4n) is 4.08. The second kappa shape index (κ2) is 5.29. The van der Waals surface area contributed by atoms with Crippen molar-refractivity contribution in [3.63, 3.8) is 0 Å². The minimum atomic E-state index is 0.200. The number of piperidine rings is 1. The van der Waals surface area contributed by atoms with Crippen LogP contribution in [0.25, 0.3) is 0 Å². The number of nitrogens with one attached hydrogen (secondary N) is 2. The maximum Gasteiger partial charge on any atom is 0.122 e. The SMILES string of the molecule is CC1(C)CC(NCc2ccc3c(c2)CCO3)CC(C)(C)N1. The molecule has 0 spiro atoms. The molecular formula is C18H28N2O. The Morgan fingerprint density at radius 1 is 1.19 bits per heavy atom. The quantitative estimate of drug-likeness (QED) is 0.897. The molecule has 0 saturated carbocycles. The Bertz CT molecular complexity index is 506. The summed E-state index contributed by atoms with van der Waals surface area (Å²) in [7, 11) is 0. The van der Waals surface area contributed by atoms with Crippen molar-refractivity contribution in [1.29, 1.82) is 0 Å². The molecule has 1 fully saturated rings. The zero-order valence-corrected chi connectivity index (χ0v) is 13.8. The molecule has 2 aliphatic heterocycles. The summed E-state index contributed by atoms with van der Waals surface area (Å²) in [4.78, 5) is 0. The Balaban J connectivity index is 1.62. The van der Waals surface area contributed by atoms with Gasteiger partial charge >= 0.3 is 0 Å². The zero-order chi connectivity index (χ0) is 15.1. The van der Waals surface area contributed by atoms with Gasteiger partial charge in [-0.05, 0) is 57.7 Å². The molecule has 1 aromatic carbocycles. The van der Waals surface area contributed by atoms with Gasteiger partial charge < -0.3 is 15.4 Å². The van der Waals surface area contributed by atoms with Gasteiger partial charge in [0.1, 0.15) is 5.75 Å². The predicted molar refractivity (Wildman–Crippen MR) is 86.8 cm³/mol. The first-order valence-electron chi connectivity index (χ1n) is 8.10. The molecule has 0 aliphatic carbocycles. The summed E-state index contributed by atoms with van der Waals surface area (Å²) in [5, 5.41) is 7.50. The van der Waals surface area contributed by atoms with Gasteiger partial charge in [0.15, 0.2) is 0 Å². The van der Waals surface area contributed by atoms with E-state index in [0.717, 1.165) is 25.3 Å². The van der Waals surface area contributed by atoms with Crippen LogP contribution >= 0.6 is 0 Å². The Morgan fingerprint density at radius 3 is 2.62 bits per heavy atom. The van der Waals surface area contributed by atoms with Crippen LogP contribution in [0.5, 0.6) is 5.75 Å². The molecule has 0 atom stereocenters. The van der Waals surface area contributed by atoms with Gasteiger partial charge in [-0.1, -0.05) is 12.1 Å². The highest BCUT2D eigenvalue weighted by Gasteiger charge is 2.37. The van der Waals surface area contributed by atoms with Crippen LogP contribution in [0.15, 0.2) is 18.2 Å². The first-order valence-corrected chi connectivity index (χ1v) is 8.10. The molecule has 0 bridgehead atoms. The van der Waals surface area contributed by atoms with Crippen LogP contribution in [0.4, 0.5) is 0 Å². The highest BCUT2D eigenvalue weighted by molar-refractivity contribution is 5.39. The average molecular weight is 288 g/mol. The molecule has 116 valence electrons. The van der Waals surface area contributed by atoms with E-state index in [4.69, 9.17) is 4.74 Å². The fourth-order valence-corrected chi connectivity index (χ4v) is 4.08. The molecule has 21 heavy (non-hydrogen) atoms. The molecule has 2 N–H and O–H groups in total. The molecule has 0 unspecified atom stereocenters. The lowest BCUT2D eigenvalue weighted by atomic mass is 9.79. The van der Waals surface area contributed by atoms with E-state index >= 15 is 0 Å². The Kier molecular flexibility index (Phi) is 3.74. The van der Waals surface area contributed by atoms with Gasteiger partial charge in [-0.15, -0.1) is 0 Å². The van der Waals surface area contributed by atoms with E-state index in [2.05, 4.69) is 56.5 Å². The van der Waals surface area contributed by atoms with Crippen LogP contribution in [-0.2, 0) is 13.0 Å². The van der Waals surface area contributed by atoms with Crippen molar-refractivity contribution in [3.05, 3.63) is 29.3 Å². The van der Waals surface area contributed by atoms with Crippen molar-refractivity contribution < 1.29 is 4.74 Å². The Morgan fingerprint density at radius 2 is 1.90 bits per heavy atom. The normalized spacial score (nSPS) is 23.6. The monoisotopic (exact) mass is 288 g/mol. The number of ether oxygens (including phenoxy) is 1. The van der Waals surface area contributed by atoms with E-state index in [1.807, 2.05) is 0 Å². The third kappa shape index (κ3) is 3.58. The largest absolute Gasteiger partial charge is 0.493 e. The number of fused-ring (bicyclic) bond motifs is 1. The van der Waals surface area contributed by atoms with Crippen LogP contribution < -0.4 is 15.4 Å². The van der Waals surface area contributed by atoms with E-state index in [9.17, 15) is 0 Å². The highest BCUT2D eigenvalue weighted by atomic mass is 16.5. The smallest absolute Gasteiger partial charge is 0.122 e. The molecule has 0 amide bonds. The zero-order valence-electron chi connectivity index (χ0n) is 13.8. The van der Waals surface area contributed by atoms with Gasteiger partial charge in [-0.25, -0.2) is 0 Å². The summed E-state index contributed by atoms with van der Waals surface area (Å²) in [5.41, 5.74) is 3.13. The third-order valence-electron chi connectivity index (χ3n) is 4.54. The third-order valence-corrected chi connectivity index (χ3v) is 4.54. The van der Waals surface area contributed by atoms with E-state index in [0.29, 0.717) is 6.04 Å². The second-order valence-electron chi connectivity index (χ2n) is 7.92. The summed E-state index contributed by atoms with van der Waals surface area (Å²) in [6.07, 6.45) is 3.39. The molecule has 3 rings (SSSR count). The topological polar surface area (TPSA) is 33.3 Å². The van der Waals surface area contributed by atoms with Crippen molar-refractivity contribution in [2.24, 2.45) is 0 Å². The van der Waals surface area contributed by atoms with Crippen molar-refractivity contribution >= 4 is 0 Å². The van der Waals surface area contributed by atoms with Crippen molar-refractivity contribution in [1.82, 2.24) is 10.6 Å². The van der Waals surface area contributed by atoms with E-state index in [1.165, 1.54) is 24.0 Å². The average Bonchev–Trinajstić information content (AvgIpc) is 2.79. The fraction of sp³-hybridized carbons (Fsp3) is 0.667. The van der Waals surface area contributed by atoms with Crippen LogP contribution in [0.1, 0.15) is 51.7 Å². The van der Waals surface area contributed by atoms with E-state index in [1.54, 1.807) is 0 Å². The standard InChI is InChI=1S/C18H28N2O/c1-17(2)10-15(11-18(3,4)20-17)19-12-13-5-6-16-14(9-13)7-8-21-16/h5-6,9,15,19-20H,7-8,10-12H2,1-4H3. The molecule has 1 saturated heterocycles. The van der Waals surface area contributed by atoms with Crippen LogP contribution in [-0.4, -0.2) is 23.7 Å². The van der Waals surface area contributed by atoms with Gasteiger partial charge in [0, 0.05) is 30.1 Å². The summed E-state index contributed by atoms with van der Waals surface area (Å²) in [5.74, 6) is 1.07. The maximum absolute atomic E-state index is 5.57.